The van der Waals surface area contributed by atoms with E-state index in [9.17, 15) is 5.11 Å². The third kappa shape index (κ3) is 2.51. The fourth-order valence-electron chi connectivity index (χ4n) is 1.70. The average molecular weight is 248 g/mol. The van der Waals surface area contributed by atoms with E-state index in [-0.39, 0.29) is 6.61 Å². The van der Waals surface area contributed by atoms with E-state index in [1.165, 1.54) is 0 Å². The highest BCUT2D eigenvalue weighted by Gasteiger charge is 2.11. The van der Waals surface area contributed by atoms with Gasteiger partial charge in [-0.1, -0.05) is 5.16 Å². The minimum atomic E-state index is -0.140. The third-order valence-corrected chi connectivity index (χ3v) is 2.77. The van der Waals surface area contributed by atoms with Gasteiger partial charge in [-0.25, -0.2) is 0 Å². The van der Waals surface area contributed by atoms with Gasteiger partial charge in [0.2, 0.25) is 0 Å². The van der Waals surface area contributed by atoms with Gasteiger partial charge in [0.05, 0.1) is 17.9 Å². The number of aliphatic hydroxyl groups excluding tert-OH is 1. The summed E-state index contributed by atoms with van der Waals surface area (Å²) < 4.78 is 10.7. The summed E-state index contributed by atoms with van der Waals surface area (Å²) in [5.41, 5.74) is 3.14. The number of aliphatic hydroxyl groups is 1. The zero-order valence-electron chi connectivity index (χ0n) is 10.7. The van der Waals surface area contributed by atoms with Crippen LogP contribution in [0.5, 0.6) is 5.75 Å². The molecule has 1 N–H and O–H groups in total. The SMILES string of the molecule is Cc1ccc(OCc2c(C)noc2C)c(CO)n1. The normalized spacial score (nSPS) is 10.7. The smallest absolute Gasteiger partial charge is 0.143 e. The van der Waals surface area contributed by atoms with Crippen molar-refractivity contribution in [2.75, 3.05) is 0 Å². The first-order chi connectivity index (χ1) is 8.61. The van der Waals surface area contributed by atoms with Crippen molar-refractivity contribution >= 4 is 0 Å². The van der Waals surface area contributed by atoms with Crippen LogP contribution in [0.4, 0.5) is 0 Å². The highest BCUT2D eigenvalue weighted by molar-refractivity contribution is 5.29. The van der Waals surface area contributed by atoms with Gasteiger partial charge < -0.3 is 14.4 Å². The predicted octanol–water partition coefficient (Wildman–Crippen LogP) is 2.07. The third-order valence-electron chi connectivity index (χ3n) is 2.77. The molecule has 0 spiro atoms. The predicted molar refractivity (Wildman–Crippen MR) is 65.2 cm³/mol. The Morgan fingerprint density at radius 2 is 2.06 bits per heavy atom. The second kappa shape index (κ2) is 5.18. The molecule has 0 bridgehead atoms. The Bertz CT molecular complexity index is 530. The van der Waals surface area contributed by atoms with E-state index in [0.717, 1.165) is 22.7 Å². The van der Waals surface area contributed by atoms with E-state index in [1.807, 2.05) is 32.9 Å². The largest absolute Gasteiger partial charge is 0.487 e. The molecule has 2 aromatic rings. The number of pyridine rings is 1. The first-order valence-electron chi connectivity index (χ1n) is 5.73. The van der Waals surface area contributed by atoms with Crippen molar-refractivity contribution < 1.29 is 14.4 Å². The number of ether oxygens (including phenoxy) is 1. The summed E-state index contributed by atoms with van der Waals surface area (Å²) in [6.45, 7) is 5.81. The molecule has 0 saturated heterocycles. The van der Waals surface area contributed by atoms with Gasteiger partial charge in [0.15, 0.2) is 0 Å². The summed E-state index contributed by atoms with van der Waals surface area (Å²) in [6.07, 6.45) is 0. The molecular formula is C13H16N2O3. The van der Waals surface area contributed by atoms with Crippen LogP contribution in [0.15, 0.2) is 16.7 Å². The minimum absolute atomic E-state index is 0.140. The fraction of sp³-hybridized carbons (Fsp3) is 0.385. The number of nitrogens with zero attached hydrogens (tertiary/aromatic N) is 2. The first kappa shape index (κ1) is 12.6. The zero-order valence-corrected chi connectivity index (χ0v) is 10.7. The lowest BCUT2D eigenvalue weighted by molar-refractivity contribution is 0.252. The molecule has 5 nitrogen and oxygen atoms in total. The Balaban J connectivity index is 2.15. The Kier molecular flexibility index (Phi) is 3.62. The van der Waals surface area contributed by atoms with Gasteiger partial charge in [-0.2, -0.15) is 0 Å². The Morgan fingerprint density at radius 3 is 2.67 bits per heavy atom. The van der Waals surface area contributed by atoms with Gasteiger partial charge in [0.25, 0.3) is 0 Å². The zero-order chi connectivity index (χ0) is 13.1. The van der Waals surface area contributed by atoms with Crippen molar-refractivity contribution in [3.8, 4) is 5.75 Å². The second-order valence-electron chi connectivity index (χ2n) is 4.15. The molecule has 0 atom stereocenters. The monoisotopic (exact) mass is 248 g/mol. The van der Waals surface area contributed by atoms with Crippen LogP contribution in [0.25, 0.3) is 0 Å². The van der Waals surface area contributed by atoms with Gasteiger partial charge in [0, 0.05) is 5.69 Å². The topological polar surface area (TPSA) is 68.4 Å². The molecule has 2 heterocycles. The van der Waals surface area contributed by atoms with Crippen molar-refractivity contribution in [2.24, 2.45) is 0 Å². The number of aryl methyl sites for hydroxylation is 3. The summed E-state index contributed by atoms with van der Waals surface area (Å²) in [5.74, 6) is 1.33. The highest BCUT2D eigenvalue weighted by Crippen LogP contribution is 2.20. The molecule has 2 rings (SSSR count). The molecule has 0 aliphatic carbocycles. The van der Waals surface area contributed by atoms with Crippen LogP contribution in [0.1, 0.15) is 28.4 Å². The second-order valence-corrected chi connectivity index (χ2v) is 4.15. The maximum absolute atomic E-state index is 9.24. The Hall–Kier alpha value is -1.88. The molecular weight excluding hydrogens is 232 g/mol. The summed E-state index contributed by atoms with van der Waals surface area (Å²) in [4.78, 5) is 4.22. The van der Waals surface area contributed by atoms with Crippen LogP contribution in [-0.2, 0) is 13.2 Å². The molecule has 0 aliphatic heterocycles. The molecule has 5 heteroatoms. The van der Waals surface area contributed by atoms with E-state index in [0.29, 0.717) is 18.1 Å². The van der Waals surface area contributed by atoms with Gasteiger partial charge in [-0.15, -0.1) is 0 Å². The fourth-order valence-corrected chi connectivity index (χ4v) is 1.70. The molecule has 0 aromatic carbocycles. The van der Waals surface area contributed by atoms with Crippen LogP contribution in [-0.4, -0.2) is 15.2 Å². The van der Waals surface area contributed by atoms with E-state index in [4.69, 9.17) is 9.26 Å². The van der Waals surface area contributed by atoms with Crippen LogP contribution >= 0.6 is 0 Å². The van der Waals surface area contributed by atoms with E-state index >= 15 is 0 Å². The molecule has 0 amide bonds. The van der Waals surface area contributed by atoms with Crippen molar-refractivity contribution in [1.29, 1.82) is 0 Å². The maximum atomic E-state index is 9.24. The van der Waals surface area contributed by atoms with Gasteiger partial charge in [0.1, 0.15) is 23.8 Å². The number of rotatable bonds is 4. The molecule has 0 saturated carbocycles. The van der Waals surface area contributed by atoms with Crippen LogP contribution in [0.2, 0.25) is 0 Å². The molecule has 0 unspecified atom stereocenters. The summed E-state index contributed by atoms with van der Waals surface area (Å²) in [7, 11) is 0. The van der Waals surface area contributed by atoms with E-state index < -0.39 is 0 Å². The standard InChI is InChI=1S/C13H16N2O3/c1-8-4-5-13(12(6-16)14-8)17-7-11-9(2)15-18-10(11)3/h4-5,16H,6-7H2,1-3H3. The molecule has 2 aromatic heterocycles. The average Bonchev–Trinajstić information content (AvgIpc) is 2.68. The lowest BCUT2D eigenvalue weighted by Crippen LogP contribution is -2.02. The minimum Gasteiger partial charge on any atom is -0.487 e. The van der Waals surface area contributed by atoms with E-state index in [1.54, 1.807) is 0 Å². The summed E-state index contributed by atoms with van der Waals surface area (Å²) >= 11 is 0. The van der Waals surface area contributed by atoms with Crippen molar-refractivity contribution in [3.05, 3.63) is 40.5 Å². The van der Waals surface area contributed by atoms with Crippen molar-refractivity contribution in [2.45, 2.75) is 34.0 Å². The Labute approximate surface area is 105 Å². The van der Waals surface area contributed by atoms with Crippen molar-refractivity contribution in [3.63, 3.8) is 0 Å². The molecule has 96 valence electrons. The van der Waals surface area contributed by atoms with Crippen LogP contribution < -0.4 is 4.74 Å². The number of aromatic nitrogens is 2. The quantitative estimate of drug-likeness (QED) is 0.897. The highest BCUT2D eigenvalue weighted by atomic mass is 16.5. The summed E-state index contributed by atoms with van der Waals surface area (Å²) in [6, 6.07) is 3.66. The van der Waals surface area contributed by atoms with Gasteiger partial charge >= 0.3 is 0 Å². The molecule has 0 aliphatic rings. The lowest BCUT2D eigenvalue weighted by atomic mass is 10.2. The molecule has 0 fully saturated rings. The van der Waals surface area contributed by atoms with E-state index in [2.05, 4.69) is 10.1 Å². The van der Waals surface area contributed by atoms with Crippen LogP contribution in [0, 0.1) is 20.8 Å². The van der Waals surface area contributed by atoms with Crippen LogP contribution in [0.3, 0.4) is 0 Å². The number of hydrogen-bond acceptors (Lipinski definition) is 5. The summed E-state index contributed by atoms with van der Waals surface area (Å²) in [5, 5.41) is 13.1. The first-order valence-corrected chi connectivity index (χ1v) is 5.73. The van der Waals surface area contributed by atoms with Gasteiger partial charge in [-0.3, -0.25) is 4.98 Å². The Morgan fingerprint density at radius 1 is 1.28 bits per heavy atom. The number of hydrogen-bond donors (Lipinski definition) is 1. The van der Waals surface area contributed by atoms with Crippen molar-refractivity contribution in [1.82, 2.24) is 10.1 Å². The molecule has 18 heavy (non-hydrogen) atoms. The maximum Gasteiger partial charge on any atom is 0.143 e. The lowest BCUT2D eigenvalue weighted by Gasteiger charge is -2.09. The molecule has 0 radical (unpaired) electrons. The van der Waals surface area contributed by atoms with Gasteiger partial charge in [-0.05, 0) is 32.9 Å².